The lowest BCUT2D eigenvalue weighted by Gasteiger charge is -2.13. The highest BCUT2D eigenvalue weighted by atomic mass is 35.5. The number of alkyl halides is 1. The first-order valence-corrected chi connectivity index (χ1v) is 4.53. The van der Waals surface area contributed by atoms with Crippen LogP contribution in [0.2, 0.25) is 0 Å². The summed E-state index contributed by atoms with van der Waals surface area (Å²) in [4.78, 5) is 2.35. The minimum atomic E-state index is 0.340. The Bertz CT molecular complexity index is 111. The van der Waals surface area contributed by atoms with E-state index in [0.717, 1.165) is 26.2 Å². The molecule has 0 saturated carbocycles. The molecular formula is C8H16ClNO. The monoisotopic (exact) mass is 177 g/mol. The first-order valence-electron chi connectivity index (χ1n) is 4.09. The van der Waals surface area contributed by atoms with E-state index in [1.807, 2.05) is 0 Å². The van der Waals surface area contributed by atoms with Crippen molar-refractivity contribution in [2.75, 3.05) is 33.4 Å². The molecule has 0 aromatic rings. The van der Waals surface area contributed by atoms with E-state index in [-0.39, 0.29) is 0 Å². The van der Waals surface area contributed by atoms with Crippen molar-refractivity contribution in [3.8, 4) is 0 Å². The van der Waals surface area contributed by atoms with Crippen LogP contribution in [0, 0.1) is 5.92 Å². The normalized spacial score (nSPS) is 33.0. The molecule has 1 rings (SSSR count). The lowest BCUT2D eigenvalue weighted by Crippen LogP contribution is -2.25. The predicted molar refractivity (Wildman–Crippen MR) is 47.1 cm³/mol. The lowest BCUT2D eigenvalue weighted by atomic mass is 10.2. The Kier molecular flexibility index (Phi) is 3.63. The van der Waals surface area contributed by atoms with Gasteiger partial charge < -0.3 is 4.74 Å². The first-order chi connectivity index (χ1) is 5.24. The number of likely N-dealkylation sites (tertiary alicyclic amines) is 1. The third-order valence-corrected chi connectivity index (χ3v) is 2.78. The minimum Gasteiger partial charge on any atom is -0.383 e. The molecular weight excluding hydrogens is 162 g/mol. The molecule has 1 fully saturated rings. The molecule has 0 spiro atoms. The average Bonchev–Trinajstić information content (AvgIpc) is 2.28. The highest BCUT2D eigenvalue weighted by molar-refractivity contribution is 6.21. The van der Waals surface area contributed by atoms with E-state index in [0.29, 0.717) is 11.3 Å². The van der Waals surface area contributed by atoms with Crippen LogP contribution in [0.4, 0.5) is 0 Å². The van der Waals surface area contributed by atoms with Gasteiger partial charge >= 0.3 is 0 Å². The summed E-state index contributed by atoms with van der Waals surface area (Å²) < 4.78 is 4.99. The van der Waals surface area contributed by atoms with Crippen LogP contribution in [-0.2, 0) is 4.74 Å². The van der Waals surface area contributed by atoms with Gasteiger partial charge in [-0.1, -0.05) is 6.92 Å². The summed E-state index contributed by atoms with van der Waals surface area (Å²) in [5.74, 6) is 0.633. The molecule has 1 aliphatic rings. The van der Waals surface area contributed by atoms with Crippen molar-refractivity contribution in [3.63, 3.8) is 0 Å². The van der Waals surface area contributed by atoms with Crippen LogP contribution < -0.4 is 0 Å². The summed E-state index contributed by atoms with van der Waals surface area (Å²) in [6, 6.07) is 0. The molecule has 0 aromatic carbocycles. The Labute approximate surface area is 73.5 Å². The van der Waals surface area contributed by atoms with Gasteiger partial charge in [-0.2, -0.15) is 0 Å². The van der Waals surface area contributed by atoms with Crippen molar-refractivity contribution in [3.05, 3.63) is 0 Å². The van der Waals surface area contributed by atoms with E-state index in [1.165, 1.54) is 0 Å². The Morgan fingerprint density at radius 1 is 1.55 bits per heavy atom. The van der Waals surface area contributed by atoms with Gasteiger partial charge in [0.1, 0.15) is 0 Å². The first kappa shape index (κ1) is 9.30. The van der Waals surface area contributed by atoms with Gasteiger partial charge in [0.25, 0.3) is 0 Å². The zero-order valence-corrected chi connectivity index (χ0v) is 7.97. The van der Waals surface area contributed by atoms with Gasteiger partial charge in [-0.3, -0.25) is 4.90 Å². The molecule has 66 valence electrons. The van der Waals surface area contributed by atoms with Crippen LogP contribution in [0.25, 0.3) is 0 Å². The second kappa shape index (κ2) is 4.29. The maximum atomic E-state index is 6.05. The SMILES string of the molecule is COCCN1CC(C)C(Cl)C1. The van der Waals surface area contributed by atoms with E-state index in [9.17, 15) is 0 Å². The van der Waals surface area contributed by atoms with Crippen molar-refractivity contribution in [1.82, 2.24) is 4.90 Å². The molecule has 0 aliphatic carbocycles. The third-order valence-electron chi connectivity index (χ3n) is 2.21. The molecule has 11 heavy (non-hydrogen) atoms. The number of hydrogen-bond acceptors (Lipinski definition) is 2. The van der Waals surface area contributed by atoms with Crippen LogP contribution in [0.1, 0.15) is 6.92 Å². The molecule has 1 saturated heterocycles. The van der Waals surface area contributed by atoms with Crippen molar-refractivity contribution in [2.24, 2.45) is 5.92 Å². The second-order valence-corrected chi connectivity index (χ2v) is 3.81. The van der Waals surface area contributed by atoms with Crippen LogP contribution in [-0.4, -0.2) is 43.6 Å². The van der Waals surface area contributed by atoms with E-state index in [2.05, 4.69) is 11.8 Å². The molecule has 2 nitrogen and oxygen atoms in total. The quantitative estimate of drug-likeness (QED) is 0.601. The van der Waals surface area contributed by atoms with Crippen molar-refractivity contribution >= 4 is 11.6 Å². The van der Waals surface area contributed by atoms with Crippen LogP contribution >= 0.6 is 11.6 Å². The van der Waals surface area contributed by atoms with E-state index >= 15 is 0 Å². The number of ether oxygens (including phenoxy) is 1. The van der Waals surface area contributed by atoms with Gasteiger partial charge in [0.15, 0.2) is 0 Å². The average molecular weight is 178 g/mol. The Balaban J connectivity index is 2.18. The van der Waals surface area contributed by atoms with Crippen molar-refractivity contribution in [1.29, 1.82) is 0 Å². The number of methoxy groups -OCH3 is 1. The molecule has 0 aromatic heterocycles. The van der Waals surface area contributed by atoms with Gasteiger partial charge in [-0.05, 0) is 5.92 Å². The number of nitrogens with zero attached hydrogens (tertiary/aromatic N) is 1. The van der Waals surface area contributed by atoms with Crippen molar-refractivity contribution < 1.29 is 4.74 Å². The zero-order valence-electron chi connectivity index (χ0n) is 7.22. The fourth-order valence-electron chi connectivity index (χ4n) is 1.43. The van der Waals surface area contributed by atoms with Gasteiger partial charge in [0, 0.05) is 26.7 Å². The Hall–Kier alpha value is 0.210. The van der Waals surface area contributed by atoms with Gasteiger partial charge in [0.2, 0.25) is 0 Å². The van der Waals surface area contributed by atoms with Gasteiger partial charge in [-0.25, -0.2) is 0 Å². The number of rotatable bonds is 3. The van der Waals surface area contributed by atoms with E-state index < -0.39 is 0 Å². The zero-order chi connectivity index (χ0) is 8.27. The second-order valence-electron chi connectivity index (χ2n) is 3.25. The molecule has 1 heterocycles. The number of halogens is 1. The van der Waals surface area contributed by atoms with Crippen LogP contribution in [0.15, 0.2) is 0 Å². The minimum absolute atomic E-state index is 0.340. The number of hydrogen-bond donors (Lipinski definition) is 0. The smallest absolute Gasteiger partial charge is 0.0589 e. The molecule has 2 atom stereocenters. The Morgan fingerprint density at radius 2 is 2.27 bits per heavy atom. The fourth-order valence-corrected chi connectivity index (χ4v) is 1.70. The largest absolute Gasteiger partial charge is 0.383 e. The summed E-state index contributed by atoms with van der Waals surface area (Å²) in [6.45, 7) is 6.18. The predicted octanol–water partition coefficient (Wildman–Crippen LogP) is 1.19. The molecule has 2 unspecified atom stereocenters. The third kappa shape index (κ3) is 2.62. The molecule has 0 N–H and O–H groups in total. The van der Waals surface area contributed by atoms with E-state index in [1.54, 1.807) is 7.11 Å². The van der Waals surface area contributed by atoms with Crippen LogP contribution in [0.3, 0.4) is 0 Å². The maximum absolute atomic E-state index is 6.05. The van der Waals surface area contributed by atoms with Crippen LogP contribution in [0.5, 0.6) is 0 Å². The summed E-state index contributed by atoms with van der Waals surface area (Å²) in [5, 5.41) is 0.340. The fraction of sp³-hybridized carbons (Fsp3) is 1.00. The van der Waals surface area contributed by atoms with Gasteiger partial charge in [0.05, 0.1) is 12.0 Å². The van der Waals surface area contributed by atoms with Crippen molar-refractivity contribution in [2.45, 2.75) is 12.3 Å². The standard InChI is InChI=1S/C8H16ClNO/c1-7-5-10(3-4-11-2)6-8(7)9/h7-8H,3-6H2,1-2H3. The van der Waals surface area contributed by atoms with E-state index in [4.69, 9.17) is 16.3 Å². The summed E-state index contributed by atoms with van der Waals surface area (Å²) in [7, 11) is 1.73. The topological polar surface area (TPSA) is 12.5 Å². The summed E-state index contributed by atoms with van der Waals surface area (Å²) in [6.07, 6.45) is 0. The lowest BCUT2D eigenvalue weighted by molar-refractivity contribution is 0.159. The molecule has 0 radical (unpaired) electrons. The highest BCUT2D eigenvalue weighted by Gasteiger charge is 2.26. The van der Waals surface area contributed by atoms with Gasteiger partial charge in [-0.15, -0.1) is 11.6 Å². The highest BCUT2D eigenvalue weighted by Crippen LogP contribution is 2.20. The summed E-state index contributed by atoms with van der Waals surface area (Å²) in [5.41, 5.74) is 0. The molecule has 0 amide bonds. The Morgan fingerprint density at radius 3 is 2.73 bits per heavy atom. The molecule has 1 aliphatic heterocycles. The summed E-state index contributed by atoms with van der Waals surface area (Å²) >= 11 is 6.05. The molecule has 0 bridgehead atoms. The molecule has 3 heteroatoms. The maximum Gasteiger partial charge on any atom is 0.0589 e.